The van der Waals surface area contributed by atoms with Crippen LogP contribution in [0.3, 0.4) is 0 Å². The van der Waals surface area contributed by atoms with E-state index >= 15 is 0 Å². The predicted octanol–water partition coefficient (Wildman–Crippen LogP) is 3.21. The molecule has 0 aromatic heterocycles. The molecule has 106 valence electrons. The summed E-state index contributed by atoms with van der Waals surface area (Å²) in [6, 6.07) is 0. The number of carbonyl (C=O) groups is 2. The molecule has 0 aromatic carbocycles. The fraction of sp³-hybridized carbons (Fsp3) is 0.733. The van der Waals surface area contributed by atoms with Crippen LogP contribution in [0.4, 0.5) is 0 Å². The van der Waals surface area contributed by atoms with E-state index in [-0.39, 0.29) is 23.5 Å². The molecule has 0 radical (unpaired) electrons. The molecular weight excluding hydrogens is 244 g/mol. The molecule has 1 N–H and O–H groups in total. The number of ether oxygens (including phenoxy) is 1. The van der Waals surface area contributed by atoms with Gasteiger partial charge in [0.15, 0.2) is 5.78 Å². The number of hydrogen-bond donors (Lipinski definition) is 1. The van der Waals surface area contributed by atoms with Crippen LogP contribution in [0.15, 0.2) is 11.3 Å². The Morgan fingerprint density at radius 1 is 1.21 bits per heavy atom. The van der Waals surface area contributed by atoms with Gasteiger partial charge in [0.25, 0.3) is 0 Å². The van der Waals surface area contributed by atoms with Gasteiger partial charge in [0.1, 0.15) is 16.9 Å². The number of Topliss-reactive ketones (excluding diaryl/α,β-unsaturated/α-hetero) is 1. The Balaban J connectivity index is 2.20. The van der Waals surface area contributed by atoms with Crippen molar-refractivity contribution in [2.45, 2.75) is 70.3 Å². The van der Waals surface area contributed by atoms with Crippen molar-refractivity contribution < 1.29 is 19.4 Å². The Morgan fingerprint density at radius 3 is 2.37 bits per heavy atom. The Morgan fingerprint density at radius 2 is 1.84 bits per heavy atom. The third kappa shape index (κ3) is 2.99. The highest BCUT2D eigenvalue weighted by molar-refractivity contribution is 6.19. The van der Waals surface area contributed by atoms with Gasteiger partial charge in [0.05, 0.1) is 6.42 Å². The molecule has 0 bridgehead atoms. The van der Waals surface area contributed by atoms with Crippen LogP contribution in [0.5, 0.6) is 0 Å². The normalized spacial score (nSPS) is 25.9. The van der Waals surface area contributed by atoms with E-state index in [1.807, 2.05) is 6.92 Å². The van der Waals surface area contributed by atoms with E-state index < -0.39 is 11.6 Å². The van der Waals surface area contributed by atoms with Crippen LogP contribution in [0.25, 0.3) is 0 Å². The number of allylic oxidation sites excluding steroid dienone is 1. The largest absolute Gasteiger partial charge is 0.511 e. The summed E-state index contributed by atoms with van der Waals surface area (Å²) in [5.74, 6) is -0.978. The molecule has 4 heteroatoms. The molecular formula is C15H22O4. The standard InChI is InChI=1S/C15H22O4/c1-2-7-11(16)13-12(17)10-15(19-14(13)18)8-5-3-4-6-9-15/h16H,2-10H2,1H3. The summed E-state index contributed by atoms with van der Waals surface area (Å²) < 4.78 is 5.57. The summed E-state index contributed by atoms with van der Waals surface area (Å²) in [5.41, 5.74) is -0.711. The SMILES string of the molecule is CCCC(O)=C1C(=O)CC2(CCCCCC2)OC1=O. The van der Waals surface area contributed by atoms with Crippen LogP contribution in [0.2, 0.25) is 0 Å². The number of aliphatic hydroxyl groups excluding tert-OH is 1. The van der Waals surface area contributed by atoms with Gasteiger partial charge in [-0.15, -0.1) is 0 Å². The number of esters is 1. The molecule has 1 spiro atoms. The van der Waals surface area contributed by atoms with Crippen LogP contribution in [0, 0.1) is 0 Å². The van der Waals surface area contributed by atoms with Crippen molar-refractivity contribution in [3.05, 3.63) is 11.3 Å². The fourth-order valence-electron chi connectivity index (χ4n) is 3.07. The molecule has 4 nitrogen and oxygen atoms in total. The Labute approximate surface area is 113 Å². The van der Waals surface area contributed by atoms with E-state index in [2.05, 4.69) is 0 Å². The average Bonchev–Trinajstić information content (AvgIpc) is 2.54. The highest BCUT2D eigenvalue weighted by atomic mass is 16.6. The van der Waals surface area contributed by atoms with Gasteiger partial charge in [0.2, 0.25) is 0 Å². The third-order valence-corrected chi connectivity index (χ3v) is 4.07. The number of carbonyl (C=O) groups excluding carboxylic acids is 2. The van der Waals surface area contributed by atoms with Gasteiger partial charge in [-0.05, 0) is 32.1 Å². The molecule has 19 heavy (non-hydrogen) atoms. The molecule has 1 aliphatic carbocycles. The molecule has 0 unspecified atom stereocenters. The fourth-order valence-corrected chi connectivity index (χ4v) is 3.07. The minimum Gasteiger partial charge on any atom is -0.511 e. The summed E-state index contributed by atoms with van der Waals surface area (Å²) in [6.07, 6.45) is 7.10. The Kier molecular flexibility index (Phi) is 4.27. The van der Waals surface area contributed by atoms with Crippen LogP contribution in [-0.2, 0) is 14.3 Å². The summed E-state index contributed by atoms with van der Waals surface area (Å²) in [5, 5.41) is 9.82. The molecule has 0 atom stereocenters. The van der Waals surface area contributed by atoms with Crippen molar-refractivity contribution in [1.29, 1.82) is 0 Å². The molecule has 1 saturated heterocycles. The van der Waals surface area contributed by atoms with Crippen LogP contribution < -0.4 is 0 Å². The van der Waals surface area contributed by atoms with Crippen molar-refractivity contribution in [3.63, 3.8) is 0 Å². The number of ketones is 1. The van der Waals surface area contributed by atoms with Crippen molar-refractivity contribution in [3.8, 4) is 0 Å². The van der Waals surface area contributed by atoms with E-state index in [0.717, 1.165) is 38.5 Å². The zero-order chi connectivity index (χ0) is 13.9. The predicted molar refractivity (Wildman–Crippen MR) is 70.7 cm³/mol. The van der Waals surface area contributed by atoms with E-state index in [1.54, 1.807) is 0 Å². The second kappa shape index (κ2) is 5.76. The highest BCUT2D eigenvalue weighted by Gasteiger charge is 2.45. The molecule has 1 saturated carbocycles. The Hall–Kier alpha value is -1.32. The van der Waals surface area contributed by atoms with E-state index in [9.17, 15) is 14.7 Å². The van der Waals surface area contributed by atoms with Gasteiger partial charge in [-0.1, -0.05) is 19.8 Å². The zero-order valence-electron chi connectivity index (χ0n) is 11.5. The Bertz CT molecular complexity index is 378. The minimum atomic E-state index is -0.621. The molecule has 2 rings (SSSR count). The molecule has 1 aliphatic heterocycles. The lowest BCUT2D eigenvalue weighted by molar-refractivity contribution is -0.165. The highest BCUT2D eigenvalue weighted by Crippen LogP contribution is 2.38. The van der Waals surface area contributed by atoms with Gasteiger partial charge < -0.3 is 9.84 Å². The van der Waals surface area contributed by atoms with Gasteiger partial charge in [-0.25, -0.2) is 4.79 Å². The maximum absolute atomic E-state index is 12.2. The lowest BCUT2D eigenvalue weighted by Crippen LogP contribution is -2.44. The average molecular weight is 266 g/mol. The molecule has 0 amide bonds. The summed E-state index contributed by atoms with van der Waals surface area (Å²) in [7, 11) is 0. The quantitative estimate of drug-likeness (QED) is 0.361. The second-order valence-electron chi connectivity index (χ2n) is 5.66. The summed E-state index contributed by atoms with van der Waals surface area (Å²) in [6.45, 7) is 1.89. The zero-order valence-corrected chi connectivity index (χ0v) is 11.5. The molecule has 2 fully saturated rings. The van der Waals surface area contributed by atoms with Crippen molar-refractivity contribution in [2.24, 2.45) is 0 Å². The van der Waals surface area contributed by atoms with Gasteiger partial charge in [-0.2, -0.15) is 0 Å². The first kappa shape index (κ1) is 14.1. The molecule has 2 aliphatic rings. The van der Waals surface area contributed by atoms with Gasteiger partial charge in [0, 0.05) is 6.42 Å². The monoisotopic (exact) mass is 266 g/mol. The topological polar surface area (TPSA) is 63.6 Å². The van der Waals surface area contributed by atoms with Crippen LogP contribution >= 0.6 is 0 Å². The summed E-state index contributed by atoms with van der Waals surface area (Å²) in [4.78, 5) is 24.2. The molecule has 1 heterocycles. The van der Waals surface area contributed by atoms with Crippen molar-refractivity contribution in [2.75, 3.05) is 0 Å². The number of rotatable bonds is 2. The van der Waals surface area contributed by atoms with Crippen LogP contribution in [0.1, 0.15) is 64.7 Å². The van der Waals surface area contributed by atoms with Gasteiger partial charge in [-0.3, -0.25) is 4.79 Å². The first-order valence-electron chi connectivity index (χ1n) is 7.26. The first-order valence-corrected chi connectivity index (χ1v) is 7.26. The number of aliphatic hydroxyl groups is 1. The first-order chi connectivity index (χ1) is 9.08. The third-order valence-electron chi connectivity index (χ3n) is 4.07. The van der Waals surface area contributed by atoms with E-state index in [0.29, 0.717) is 12.8 Å². The van der Waals surface area contributed by atoms with Crippen molar-refractivity contribution >= 4 is 11.8 Å². The molecule has 0 aromatic rings. The second-order valence-corrected chi connectivity index (χ2v) is 5.66. The van der Waals surface area contributed by atoms with E-state index in [1.165, 1.54) is 0 Å². The van der Waals surface area contributed by atoms with E-state index in [4.69, 9.17) is 4.74 Å². The lowest BCUT2D eigenvalue weighted by atomic mass is 9.84. The summed E-state index contributed by atoms with van der Waals surface area (Å²) >= 11 is 0. The smallest absolute Gasteiger partial charge is 0.345 e. The minimum absolute atomic E-state index is 0.110. The number of hydrogen-bond acceptors (Lipinski definition) is 4. The van der Waals surface area contributed by atoms with Gasteiger partial charge >= 0.3 is 5.97 Å². The maximum Gasteiger partial charge on any atom is 0.345 e. The lowest BCUT2D eigenvalue weighted by Gasteiger charge is -2.36. The van der Waals surface area contributed by atoms with Crippen molar-refractivity contribution in [1.82, 2.24) is 0 Å². The maximum atomic E-state index is 12.2. The van der Waals surface area contributed by atoms with Crippen LogP contribution in [-0.4, -0.2) is 22.5 Å².